The molecule has 1 aromatic carbocycles. The lowest BCUT2D eigenvalue weighted by molar-refractivity contribution is 0.380. The van der Waals surface area contributed by atoms with Crippen molar-refractivity contribution in [3.05, 3.63) is 28.8 Å². The van der Waals surface area contributed by atoms with Gasteiger partial charge in [-0.2, -0.15) is 0 Å². The average Bonchev–Trinajstić information content (AvgIpc) is 2.41. The molecule has 1 rings (SSSR count). The Bertz CT molecular complexity index is 512. The summed E-state index contributed by atoms with van der Waals surface area (Å²) in [5.74, 6) is 4.27. The van der Waals surface area contributed by atoms with Crippen LogP contribution in [0.15, 0.2) is 12.1 Å². The Balaban J connectivity index is 3.67. The van der Waals surface area contributed by atoms with E-state index in [0.29, 0.717) is 5.92 Å². The van der Waals surface area contributed by atoms with Crippen molar-refractivity contribution in [2.24, 2.45) is 0 Å². The Hall–Kier alpha value is -1.42. The van der Waals surface area contributed by atoms with Gasteiger partial charge in [-0.3, -0.25) is 0 Å². The molecule has 1 unspecified atom stereocenters. The highest BCUT2D eigenvalue weighted by atomic mass is 16.5. The molecule has 1 aromatic rings. The first-order valence-electron chi connectivity index (χ1n) is 8.22. The second kappa shape index (κ2) is 6.78. The minimum Gasteiger partial charge on any atom is -0.496 e. The van der Waals surface area contributed by atoms with Gasteiger partial charge in [0, 0.05) is 17.5 Å². The lowest BCUT2D eigenvalue weighted by Crippen LogP contribution is -2.20. The van der Waals surface area contributed by atoms with Crippen LogP contribution in [0.5, 0.6) is 5.75 Å². The summed E-state index contributed by atoms with van der Waals surface area (Å²) < 4.78 is 5.82. The van der Waals surface area contributed by atoms with Gasteiger partial charge in [0.2, 0.25) is 0 Å². The lowest BCUT2D eigenvalue weighted by atomic mass is 9.76. The fraction of sp³-hybridized carbons (Fsp3) is 0.619. The van der Waals surface area contributed by atoms with E-state index in [1.54, 1.807) is 7.11 Å². The molecular formula is C21H32O. The molecule has 122 valence electrons. The van der Waals surface area contributed by atoms with Gasteiger partial charge in [0.25, 0.3) is 0 Å². The first-order valence-corrected chi connectivity index (χ1v) is 8.22. The third kappa shape index (κ3) is 4.07. The second-order valence-corrected chi connectivity index (χ2v) is 8.16. The molecule has 0 aliphatic carbocycles. The Kier molecular flexibility index (Phi) is 5.74. The zero-order valence-electron chi connectivity index (χ0n) is 15.6. The molecule has 0 saturated heterocycles. The molecule has 0 saturated carbocycles. The van der Waals surface area contributed by atoms with Crippen LogP contribution in [0, 0.1) is 12.3 Å². The topological polar surface area (TPSA) is 9.23 Å². The van der Waals surface area contributed by atoms with Crippen LogP contribution in [0.4, 0.5) is 0 Å². The minimum atomic E-state index is 0.0375. The molecule has 0 spiro atoms. The van der Waals surface area contributed by atoms with Crippen LogP contribution in [0.2, 0.25) is 0 Å². The summed E-state index contributed by atoms with van der Waals surface area (Å²) in [6.45, 7) is 15.6. The molecule has 0 amide bonds. The minimum absolute atomic E-state index is 0.0375. The summed E-state index contributed by atoms with van der Waals surface area (Å²) in [6.07, 6.45) is 7.42. The van der Waals surface area contributed by atoms with Crippen LogP contribution in [-0.2, 0) is 10.8 Å². The monoisotopic (exact) mass is 300 g/mol. The van der Waals surface area contributed by atoms with E-state index in [4.69, 9.17) is 11.2 Å². The summed E-state index contributed by atoms with van der Waals surface area (Å²) in [4.78, 5) is 0. The summed E-state index contributed by atoms with van der Waals surface area (Å²) in [6, 6.07) is 4.61. The highest BCUT2D eigenvalue weighted by Crippen LogP contribution is 2.42. The van der Waals surface area contributed by atoms with E-state index < -0.39 is 0 Å². The standard InChI is InChI=1S/C21H32O/c1-10-12-15(11-2)16-13-17(20(3,4)5)19(22-9)18(14-16)21(6,7)8/h1,13-15H,11-12H2,2-9H3. The van der Waals surface area contributed by atoms with Crippen LogP contribution < -0.4 is 4.74 Å². The van der Waals surface area contributed by atoms with E-state index in [9.17, 15) is 0 Å². The van der Waals surface area contributed by atoms with Gasteiger partial charge >= 0.3 is 0 Å². The number of rotatable bonds is 4. The van der Waals surface area contributed by atoms with Crippen molar-refractivity contribution < 1.29 is 4.74 Å². The predicted octanol–water partition coefficient (Wildman–Crippen LogP) is 5.81. The van der Waals surface area contributed by atoms with Gasteiger partial charge in [-0.1, -0.05) is 60.6 Å². The number of hydrogen-bond donors (Lipinski definition) is 0. The van der Waals surface area contributed by atoms with E-state index >= 15 is 0 Å². The summed E-state index contributed by atoms with van der Waals surface area (Å²) in [5, 5.41) is 0. The lowest BCUT2D eigenvalue weighted by Gasteiger charge is -2.31. The van der Waals surface area contributed by atoms with Crippen LogP contribution in [0.25, 0.3) is 0 Å². The Morgan fingerprint density at radius 1 is 1.05 bits per heavy atom. The Morgan fingerprint density at radius 2 is 1.50 bits per heavy atom. The molecule has 1 atom stereocenters. The molecule has 0 fully saturated rings. The van der Waals surface area contributed by atoms with Gasteiger partial charge in [-0.05, 0) is 28.7 Å². The third-order valence-electron chi connectivity index (χ3n) is 4.26. The van der Waals surface area contributed by atoms with E-state index in [1.165, 1.54) is 16.7 Å². The number of methoxy groups -OCH3 is 1. The van der Waals surface area contributed by atoms with Crippen molar-refractivity contribution in [2.45, 2.75) is 78.1 Å². The van der Waals surface area contributed by atoms with Crippen LogP contribution in [-0.4, -0.2) is 7.11 Å². The van der Waals surface area contributed by atoms with E-state index in [1.807, 2.05) is 0 Å². The van der Waals surface area contributed by atoms with Gasteiger partial charge in [0.1, 0.15) is 5.75 Å². The van der Waals surface area contributed by atoms with Gasteiger partial charge < -0.3 is 4.74 Å². The fourth-order valence-electron chi connectivity index (χ4n) is 2.86. The summed E-state index contributed by atoms with van der Waals surface area (Å²) in [5.41, 5.74) is 3.96. The maximum atomic E-state index is 5.82. The van der Waals surface area contributed by atoms with Gasteiger partial charge in [-0.25, -0.2) is 0 Å². The smallest absolute Gasteiger partial charge is 0.126 e. The molecule has 1 nitrogen and oxygen atoms in total. The largest absolute Gasteiger partial charge is 0.496 e. The predicted molar refractivity (Wildman–Crippen MR) is 96.9 cm³/mol. The van der Waals surface area contributed by atoms with Crippen molar-refractivity contribution in [3.8, 4) is 18.1 Å². The zero-order chi connectivity index (χ0) is 17.1. The summed E-state index contributed by atoms with van der Waals surface area (Å²) in [7, 11) is 1.78. The molecule has 22 heavy (non-hydrogen) atoms. The number of ether oxygens (including phenoxy) is 1. The molecule has 0 N–H and O–H groups in total. The number of terminal acetylenes is 1. The van der Waals surface area contributed by atoms with Gasteiger partial charge in [-0.15, -0.1) is 12.3 Å². The van der Waals surface area contributed by atoms with E-state index in [0.717, 1.165) is 18.6 Å². The Morgan fingerprint density at radius 3 is 1.77 bits per heavy atom. The van der Waals surface area contributed by atoms with Crippen LogP contribution >= 0.6 is 0 Å². The maximum Gasteiger partial charge on any atom is 0.126 e. The molecule has 0 heterocycles. The average molecular weight is 300 g/mol. The van der Waals surface area contributed by atoms with Gasteiger partial charge in [0.15, 0.2) is 0 Å². The molecule has 0 radical (unpaired) electrons. The van der Waals surface area contributed by atoms with Crippen LogP contribution in [0.1, 0.15) is 83.9 Å². The third-order valence-corrected chi connectivity index (χ3v) is 4.26. The van der Waals surface area contributed by atoms with Crippen molar-refractivity contribution in [1.82, 2.24) is 0 Å². The SMILES string of the molecule is C#CCC(CC)c1cc(C(C)(C)C)c(OC)c(C(C)(C)C)c1. The Labute approximate surface area is 137 Å². The van der Waals surface area contributed by atoms with Gasteiger partial charge in [0.05, 0.1) is 7.11 Å². The summed E-state index contributed by atoms with van der Waals surface area (Å²) >= 11 is 0. The molecule has 1 heteroatoms. The zero-order valence-corrected chi connectivity index (χ0v) is 15.6. The molecule has 0 aromatic heterocycles. The van der Waals surface area contributed by atoms with E-state index in [-0.39, 0.29) is 10.8 Å². The molecule has 0 bridgehead atoms. The number of hydrogen-bond acceptors (Lipinski definition) is 1. The quantitative estimate of drug-likeness (QED) is 0.638. The van der Waals surface area contributed by atoms with Crippen molar-refractivity contribution in [3.63, 3.8) is 0 Å². The van der Waals surface area contributed by atoms with Crippen molar-refractivity contribution in [2.75, 3.05) is 7.11 Å². The number of benzene rings is 1. The fourth-order valence-corrected chi connectivity index (χ4v) is 2.86. The highest BCUT2D eigenvalue weighted by molar-refractivity contribution is 5.51. The molecule has 0 aliphatic rings. The normalized spacial score (nSPS) is 13.6. The van der Waals surface area contributed by atoms with E-state index in [2.05, 4.69) is 66.5 Å². The maximum absolute atomic E-state index is 5.82. The first kappa shape index (κ1) is 18.6. The molecular weight excluding hydrogens is 268 g/mol. The second-order valence-electron chi connectivity index (χ2n) is 8.16. The highest BCUT2D eigenvalue weighted by Gasteiger charge is 2.28. The van der Waals surface area contributed by atoms with Crippen molar-refractivity contribution >= 4 is 0 Å². The van der Waals surface area contributed by atoms with Crippen molar-refractivity contribution in [1.29, 1.82) is 0 Å². The molecule has 0 aliphatic heterocycles. The first-order chi connectivity index (χ1) is 10.1. The van der Waals surface area contributed by atoms with Crippen LogP contribution in [0.3, 0.4) is 0 Å².